The van der Waals surface area contributed by atoms with E-state index in [1.807, 2.05) is 12.1 Å². The average molecular weight is 195 g/mol. The zero-order chi connectivity index (χ0) is 9.84. The lowest BCUT2D eigenvalue weighted by molar-refractivity contribution is 1.09. The highest BCUT2D eigenvalue weighted by atomic mass is 35.5. The molecule has 0 N–H and O–H groups in total. The Hall–Kier alpha value is -0.750. The molecule has 0 amide bonds. The Kier molecular flexibility index (Phi) is 3.56. The number of hydrogen-bond donors (Lipinski definition) is 0. The smallest absolute Gasteiger partial charge is 0.0406 e. The summed E-state index contributed by atoms with van der Waals surface area (Å²) < 4.78 is 0. The van der Waals surface area contributed by atoms with Crippen molar-refractivity contribution in [2.75, 3.05) is 0 Å². The fourth-order valence-electron chi connectivity index (χ4n) is 1.09. The third-order valence-electron chi connectivity index (χ3n) is 2.24. The molecule has 0 saturated carbocycles. The van der Waals surface area contributed by atoms with Crippen LogP contribution in [-0.2, 0) is 6.42 Å². The van der Waals surface area contributed by atoms with Gasteiger partial charge in [-0.1, -0.05) is 34.9 Å². The summed E-state index contributed by atoms with van der Waals surface area (Å²) in [6, 6.07) is 8.04. The average Bonchev–Trinajstić information content (AvgIpc) is 2.08. The van der Waals surface area contributed by atoms with Crippen LogP contribution in [0, 0.1) is 0 Å². The van der Waals surface area contributed by atoms with Crippen LogP contribution in [0.25, 0.3) is 0 Å². The van der Waals surface area contributed by atoms with Crippen LogP contribution in [0.15, 0.2) is 35.4 Å². The van der Waals surface area contributed by atoms with Gasteiger partial charge in [0.1, 0.15) is 0 Å². The van der Waals surface area contributed by atoms with Crippen molar-refractivity contribution < 1.29 is 0 Å². The van der Waals surface area contributed by atoms with E-state index in [0.29, 0.717) is 0 Å². The largest absolute Gasteiger partial charge is 0.0843 e. The molecule has 1 heteroatoms. The van der Waals surface area contributed by atoms with E-state index in [1.165, 1.54) is 16.7 Å². The highest BCUT2D eigenvalue weighted by Gasteiger charge is 1.96. The number of hydrogen-bond acceptors (Lipinski definition) is 0. The monoisotopic (exact) mass is 194 g/mol. The Morgan fingerprint density at radius 3 is 2.08 bits per heavy atom. The second-order valence-corrected chi connectivity index (χ2v) is 4.02. The first-order chi connectivity index (χ1) is 6.09. The van der Waals surface area contributed by atoms with Crippen molar-refractivity contribution in [2.24, 2.45) is 0 Å². The third kappa shape index (κ3) is 3.23. The molecule has 0 unspecified atom stereocenters. The van der Waals surface area contributed by atoms with Gasteiger partial charge in [-0.15, -0.1) is 0 Å². The maximum absolute atomic E-state index is 5.80. The molecule has 70 valence electrons. The normalized spacial score (nSPS) is 9.85. The number of allylic oxidation sites excluding steroid dienone is 2. The van der Waals surface area contributed by atoms with Gasteiger partial charge in [0.2, 0.25) is 0 Å². The van der Waals surface area contributed by atoms with Crippen LogP contribution < -0.4 is 0 Å². The van der Waals surface area contributed by atoms with E-state index in [9.17, 15) is 0 Å². The van der Waals surface area contributed by atoms with Crippen LogP contribution in [-0.4, -0.2) is 0 Å². The topological polar surface area (TPSA) is 0 Å². The van der Waals surface area contributed by atoms with E-state index in [4.69, 9.17) is 11.6 Å². The van der Waals surface area contributed by atoms with Crippen LogP contribution in [0.2, 0.25) is 5.02 Å². The van der Waals surface area contributed by atoms with Crippen molar-refractivity contribution in [3.63, 3.8) is 0 Å². The molecule has 0 aliphatic carbocycles. The predicted octanol–water partition coefficient (Wildman–Crippen LogP) is 4.24. The minimum atomic E-state index is 0.804. The van der Waals surface area contributed by atoms with Gasteiger partial charge in [0.05, 0.1) is 0 Å². The molecule has 0 atom stereocenters. The lowest BCUT2D eigenvalue weighted by Crippen LogP contribution is -1.88. The highest BCUT2D eigenvalue weighted by Crippen LogP contribution is 2.14. The minimum Gasteiger partial charge on any atom is -0.0843 e. The molecule has 0 saturated heterocycles. The summed E-state index contributed by atoms with van der Waals surface area (Å²) in [6.07, 6.45) is 1.03. The molecule has 0 bridgehead atoms. The van der Waals surface area contributed by atoms with Gasteiger partial charge in [-0.2, -0.15) is 0 Å². The van der Waals surface area contributed by atoms with E-state index >= 15 is 0 Å². The molecule has 1 rings (SSSR count). The zero-order valence-corrected chi connectivity index (χ0v) is 9.15. The molecule has 0 nitrogen and oxygen atoms in total. The molecular weight excluding hydrogens is 180 g/mol. The van der Waals surface area contributed by atoms with Crippen molar-refractivity contribution in [1.82, 2.24) is 0 Å². The molecule has 0 radical (unpaired) electrons. The van der Waals surface area contributed by atoms with Crippen molar-refractivity contribution >= 4 is 11.6 Å². The molecular formula is C12H15Cl. The molecule has 0 spiro atoms. The van der Waals surface area contributed by atoms with Gasteiger partial charge in [0.15, 0.2) is 0 Å². The van der Waals surface area contributed by atoms with E-state index in [0.717, 1.165) is 11.4 Å². The van der Waals surface area contributed by atoms with Gasteiger partial charge in [0, 0.05) is 5.02 Å². The van der Waals surface area contributed by atoms with Gasteiger partial charge >= 0.3 is 0 Å². The minimum absolute atomic E-state index is 0.804. The first kappa shape index (κ1) is 10.3. The first-order valence-corrected chi connectivity index (χ1v) is 4.85. The summed E-state index contributed by atoms with van der Waals surface area (Å²) in [6.45, 7) is 6.46. The van der Waals surface area contributed by atoms with Gasteiger partial charge in [-0.3, -0.25) is 0 Å². The van der Waals surface area contributed by atoms with Crippen molar-refractivity contribution in [1.29, 1.82) is 0 Å². The Morgan fingerprint density at radius 2 is 1.62 bits per heavy atom. The molecule has 1 aromatic carbocycles. The molecule has 0 aromatic heterocycles. The molecule has 13 heavy (non-hydrogen) atoms. The predicted molar refractivity (Wildman–Crippen MR) is 59.2 cm³/mol. The number of benzene rings is 1. The highest BCUT2D eigenvalue weighted by molar-refractivity contribution is 6.30. The molecule has 0 fully saturated rings. The second kappa shape index (κ2) is 4.48. The number of rotatable bonds is 2. The lowest BCUT2D eigenvalue weighted by Gasteiger charge is -2.03. The SMILES string of the molecule is CC(C)=C(C)Cc1ccc(Cl)cc1. The van der Waals surface area contributed by atoms with Crippen LogP contribution in [0.3, 0.4) is 0 Å². The first-order valence-electron chi connectivity index (χ1n) is 4.47. The van der Waals surface area contributed by atoms with Crippen LogP contribution in [0.1, 0.15) is 26.3 Å². The molecule has 0 aliphatic heterocycles. The van der Waals surface area contributed by atoms with Crippen molar-refractivity contribution in [3.05, 3.63) is 46.0 Å². The Morgan fingerprint density at radius 1 is 1.08 bits per heavy atom. The molecule has 0 heterocycles. The molecule has 0 aliphatic rings. The summed E-state index contributed by atoms with van der Waals surface area (Å²) in [7, 11) is 0. The summed E-state index contributed by atoms with van der Waals surface area (Å²) in [4.78, 5) is 0. The van der Waals surface area contributed by atoms with Crippen LogP contribution >= 0.6 is 11.6 Å². The summed E-state index contributed by atoms with van der Waals surface area (Å²) >= 11 is 5.80. The zero-order valence-electron chi connectivity index (χ0n) is 8.39. The Labute approximate surface area is 85.2 Å². The summed E-state index contributed by atoms with van der Waals surface area (Å²) in [5, 5.41) is 0.804. The van der Waals surface area contributed by atoms with Crippen LogP contribution in [0.4, 0.5) is 0 Å². The van der Waals surface area contributed by atoms with Gasteiger partial charge in [-0.25, -0.2) is 0 Å². The Balaban J connectivity index is 2.76. The van der Waals surface area contributed by atoms with Crippen molar-refractivity contribution in [3.8, 4) is 0 Å². The van der Waals surface area contributed by atoms with Crippen molar-refractivity contribution in [2.45, 2.75) is 27.2 Å². The maximum atomic E-state index is 5.80. The summed E-state index contributed by atoms with van der Waals surface area (Å²) in [5.74, 6) is 0. The molecule has 1 aromatic rings. The van der Waals surface area contributed by atoms with Gasteiger partial charge in [-0.05, 0) is 44.9 Å². The standard InChI is InChI=1S/C12H15Cl/c1-9(2)10(3)8-11-4-6-12(13)7-5-11/h4-7H,8H2,1-3H3. The van der Waals surface area contributed by atoms with Crippen LogP contribution in [0.5, 0.6) is 0 Å². The lowest BCUT2D eigenvalue weighted by atomic mass is 10.0. The summed E-state index contributed by atoms with van der Waals surface area (Å²) in [5.41, 5.74) is 4.15. The third-order valence-corrected chi connectivity index (χ3v) is 2.49. The Bertz CT molecular complexity index is 302. The fraction of sp³-hybridized carbons (Fsp3) is 0.333. The van der Waals surface area contributed by atoms with E-state index < -0.39 is 0 Å². The van der Waals surface area contributed by atoms with E-state index in [1.54, 1.807) is 0 Å². The fourth-order valence-corrected chi connectivity index (χ4v) is 1.21. The maximum Gasteiger partial charge on any atom is 0.0406 e. The van der Waals surface area contributed by atoms with Gasteiger partial charge < -0.3 is 0 Å². The quantitative estimate of drug-likeness (QED) is 0.618. The van der Waals surface area contributed by atoms with E-state index in [2.05, 4.69) is 32.9 Å². The van der Waals surface area contributed by atoms with Gasteiger partial charge in [0.25, 0.3) is 0 Å². The number of halogens is 1. The second-order valence-electron chi connectivity index (χ2n) is 3.58. The van der Waals surface area contributed by atoms with E-state index in [-0.39, 0.29) is 0 Å².